The van der Waals surface area contributed by atoms with Crippen LogP contribution < -0.4 is 0 Å². The molecule has 0 aliphatic carbocycles. The zero-order valence-corrected chi connectivity index (χ0v) is 13.8. The van der Waals surface area contributed by atoms with Gasteiger partial charge in [0.25, 0.3) is 5.95 Å². The molecule has 0 heterocycles. The molecule has 1 aromatic rings. The molecule has 0 radical (unpaired) electrons. The van der Waals surface area contributed by atoms with Crippen molar-refractivity contribution >= 4 is 8.32 Å². The fourth-order valence-electron chi connectivity index (χ4n) is 1.74. The van der Waals surface area contributed by atoms with Crippen LogP contribution in [0.4, 0.5) is 0 Å². The van der Waals surface area contributed by atoms with Crippen LogP contribution in [0.2, 0.25) is 19.6 Å². The second-order valence-electron chi connectivity index (χ2n) is 5.59. The Bertz CT molecular complexity index is 399. The van der Waals surface area contributed by atoms with E-state index in [2.05, 4.69) is 45.6 Å². The van der Waals surface area contributed by atoms with Gasteiger partial charge >= 0.3 is 0 Å². The Morgan fingerprint density at radius 2 is 1.58 bits per heavy atom. The van der Waals surface area contributed by atoms with Crippen LogP contribution in [0.15, 0.2) is 41.9 Å². The van der Waals surface area contributed by atoms with Crippen molar-refractivity contribution in [2.45, 2.75) is 52.9 Å². The molecular weight excluding hydrogens is 252 g/mol. The van der Waals surface area contributed by atoms with Crippen LogP contribution in [0, 0.1) is 0 Å². The maximum Gasteiger partial charge on any atom is 0.264 e. The summed E-state index contributed by atoms with van der Waals surface area (Å²) in [6, 6.07) is 10.2. The van der Waals surface area contributed by atoms with E-state index in [1.807, 2.05) is 18.2 Å². The minimum atomic E-state index is -1.64. The van der Waals surface area contributed by atoms with Gasteiger partial charge in [0.05, 0.1) is 0 Å². The maximum atomic E-state index is 6.10. The molecule has 0 spiro atoms. The van der Waals surface area contributed by atoms with Crippen molar-refractivity contribution in [3.8, 4) is 0 Å². The molecule has 0 aromatic heterocycles. The highest BCUT2D eigenvalue weighted by Gasteiger charge is 2.20. The van der Waals surface area contributed by atoms with Gasteiger partial charge in [0, 0.05) is 5.57 Å². The van der Waals surface area contributed by atoms with E-state index in [9.17, 15) is 0 Å². The first-order valence-corrected chi connectivity index (χ1v) is 10.4. The van der Waals surface area contributed by atoms with Crippen molar-refractivity contribution in [1.29, 1.82) is 0 Å². The van der Waals surface area contributed by atoms with Crippen LogP contribution in [0.3, 0.4) is 0 Å². The van der Waals surface area contributed by atoms with Gasteiger partial charge in [-0.3, -0.25) is 0 Å². The second-order valence-corrected chi connectivity index (χ2v) is 10.0. The van der Waals surface area contributed by atoms with E-state index in [0.29, 0.717) is 6.61 Å². The lowest BCUT2D eigenvalue weighted by molar-refractivity contribution is 0.0862. The number of benzene rings is 1. The van der Waals surface area contributed by atoms with Crippen molar-refractivity contribution in [3.63, 3.8) is 0 Å². The summed E-state index contributed by atoms with van der Waals surface area (Å²) in [4.78, 5) is 0. The first kappa shape index (κ1) is 15.8. The third kappa shape index (κ3) is 5.97. The summed E-state index contributed by atoms with van der Waals surface area (Å²) in [5.74, 6) is 0.757. The molecule has 0 saturated carbocycles. The van der Waals surface area contributed by atoms with E-state index in [-0.39, 0.29) is 0 Å². The van der Waals surface area contributed by atoms with E-state index in [1.54, 1.807) is 0 Å². The van der Waals surface area contributed by atoms with Crippen LogP contribution in [0.25, 0.3) is 0 Å². The third-order valence-corrected chi connectivity index (χ3v) is 3.55. The minimum absolute atomic E-state index is 0.574. The van der Waals surface area contributed by atoms with Crippen LogP contribution in [-0.2, 0) is 15.8 Å². The quantitative estimate of drug-likeness (QED) is 0.511. The lowest BCUT2D eigenvalue weighted by Gasteiger charge is -2.24. The first-order chi connectivity index (χ1) is 8.96. The van der Waals surface area contributed by atoms with E-state index in [4.69, 9.17) is 9.16 Å². The minimum Gasteiger partial charge on any atom is -0.520 e. The van der Waals surface area contributed by atoms with E-state index < -0.39 is 8.32 Å². The molecule has 0 aliphatic rings. The van der Waals surface area contributed by atoms with Gasteiger partial charge < -0.3 is 9.16 Å². The lowest BCUT2D eigenvalue weighted by atomic mass is 10.2. The normalized spacial score (nSPS) is 11.0. The van der Waals surface area contributed by atoms with Gasteiger partial charge in [-0.05, 0) is 38.0 Å². The molecule has 0 fully saturated rings. The average molecular weight is 278 g/mol. The largest absolute Gasteiger partial charge is 0.520 e. The van der Waals surface area contributed by atoms with Crippen molar-refractivity contribution in [2.75, 3.05) is 0 Å². The Morgan fingerprint density at radius 3 is 2.05 bits per heavy atom. The van der Waals surface area contributed by atoms with Gasteiger partial charge in [-0.2, -0.15) is 0 Å². The Hall–Kier alpha value is -1.22. The highest BCUT2D eigenvalue weighted by atomic mass is 28.4. The second kappa shape index (κ2) is 7.39. The lowest BCUT2D eigenvalue weighted by Crippen LogP contribution is -2.26. The predicted molar refractivity (Wildman–Crippen MR) is 83.3 cm³/mol. The summed E-state index contributed by atoms with van der Waals surface area (Å²) >= 11 is 0. The molecular formula is C16H26O2Si. The van der Waals surface area contributed by atoms with Crippen LogP contribution in [-0.4, -0.2) is 8.32 Å². The molecule has 0 amide bonds. The first-order valence-electron chi connectivity index (χ1n) is 7.04. The summed E-state index contributed by atoms with van der Waals surface area (Å²) in [5.41, 5.74) is 2.43. The van der Waals surface area contributed by atoms with Gasteiger partial charge in [-0.15, -0.1) is 0 Å². The Kier molecular flexibility index (Phi) is 6.16. The molecule has 3 heteroatoms. The van der Waals surface area contributed by atoms with Crippen LogP contribution >= 0.6 is 0 Å². The van der Waals surface area contributed by atoms with Gasteiger partial charge in [0.2, 0.25) is 8.32 Å². The molecule has 0 atom stereocenters. The number of hydrogen-bond donors (Lipinski definition) is 0. The van der Waals surface area contributed by atoms with Crippen molar-refractivity contribution in [2.24, 2.45) is 0 Å². The van der Waals surface area contributed by atoms with Crippen molar-refractivity contribution in [3.05, 3.63) is 47.4 Å². The van der Waals surface area contributed by atoms with Gasteiger partial charge in [0.15, 0.2) is 0 Å². The highest BCUT2D eigenvalue weighted by Crippen LogP contribution is 2.21. The summed E-state index contributed by atoms with van der Waals surface area (Å²) < 4.78 is 12.0. The van der Waals surface area contributed by atoms with Crippen LogP contribution in [0.1, 0.15) is 32.3 Å². The molecule has 2 nitrogen and oxygen atoms in total. The number of rotatable bonds is 7. The maximum absolute atomic E-state index is 6.10. The summed E-state index contributed by atoms with van der Waals surface area (Å²) in [5, 5.41) is 0. The van der Waals surface area contributed by atoms with E-state index >= 15 is 0 Å². The molecule has 106 valence electrons. The SMILES string of the molecule is CCC(CC)=C(OCc1ccccc1)O[Si](C)(C)C. The molecule has 0 unspecified atom stereocenters. The van der Waals surface area contributed by atoms with Crippen LogP contribution in [0.5, 0.6) is 0 Å². The molecule has 1 aromatic carbocycles. The van der Waals surface area contributed by atoms with E-state index in [1.165, 1.54) is 11.1 Å². The summed E-state index contributed by atoms with van der Waals surface area (Å²) in [6.45, 7) is 11.4. The van der Waals surface area contributed by atoms with E-state index in [0.717, 1.165) is 18.8 Å². The smallest absolute Gasteiger partial charge is 0.264 e. The number of ether oxygens (including phenoxy) is 1. The Morgan fingerprint density at radius 1 is 1.00 bits per heavy atom. The molecule has 0 aliphatic heterocycles. The molecule has 0 bridgehead atoms. The fraction of sp³-hybridized carbons (Fsp3) is 0.500. The Balaban J connectivity index is 2.78. The average Bonchev–Trinajstić information content (AvgIpc) is 2.37. The zero-order valence-electron chi connectivity index (χ0n) is 12.8. The van der Waals surface area contributed by atoms with Crippen molar-refractivity contribution in [1.82, 2.24) is 0 Å². The summed E-state index contributed by atoms with van der Waals surface area (Å²) in [6.07, 6.45) is 1.95. The number of allylic oxidation sites excluding steroid dienone is 1. The third-order valence-electron chi connectivity index (χ3n) is 2.75. The monoisotopic (exact) mass is 278 g/mol. The molecule has 19 heavy (non-hydrogen) atoms. The highest BCUT2D eigenvalue weighted by molar-refractivity contribution is 6.70. The number of hydrogen-bond acceptors (Lipinski definition) is 2. The van der Waals surface area contributed by atoms with Gasteiger partial charge in [-0.25, -0.2) is 0 Å². The topological polar surface area (TPSA) is 18.5 Å². The predicted octanol–water partition coefficient (Wildman–Crippen LogP) is 5.09. The molecule has 0 N–H and O–H groups in total. The Labute approximate surface area is 118 Å². The van der Waals surface area contributed by atoms with Gasteiger partial charge in [-0.1, -0.05) is 44.2 Å². The standard InChI is InChI=1S/C16H26O2Si/c1-6-15(7-2)16(18-19(3,4)5)17-13-14-11-9-8-10-12-14/h8-12H,6-7,13H2,1-5H3. The zero-order chi connectivity index (χ0) is 14.3. The van der Waals surface area contributed by atoms with Gasteiger partial charge in [0.1, 0.15) is 6.61 Å². The molecule has 1 rings (SSSR count). The fourth-order valence-corrected chi connectivity index (χ4v) is 2.50. The van der Waals surface area contributed by atoms with Crippen molar-refractivity contribution < 1.29 is 9.16 Å². The summed E-state index contributed by atoms with van der Waals surface area (Å²) in [7, 11) is -1.64. The molecule has 0 saturated heterocycles.